The molecule has 0 aliphatic rings. The maximum atomic E-state index is 12.6. The van der Waals surface area contributed by atoms with Gasteiger partial charge in [-0.05, 0) is 88.7 Å². The average molecular weight is 568 g/mol. The first kappa shape index (κ1) is 25.1. The highest BCUT2D eigenvalue weighted by Gasteiger charge is 2.11. The van der Waals surface area contributed by atoms with Crippen LogP contribution in [0.1, 0.15) is 23.6 Å². The maximum absolute atomic E-state index is 12.6. The van der Waals surface area contributed by atoms with Crippen molar-refractivity contribution < 1.29 is 19.0 Å². The molecule has 0 atom stereocenters. The molecule has 1 amide bonds. The van der Waals surface area contributed by atoms with Crippen LogP contribution in [0, 0.1) is 14.9 Å². The number of carbonyl (C=O) groups excluding carboxylic acids is 1. The van der Waals surface area contributed by atoms with Gasteiger partial charge in [0.1, 0.15) is 24.0 Å². The number of carbonyl (C=O) groups is 1. The number of ether oxygens (including phenoxy) is 3. The van der Waals surface area contributed by atoms with Gasteiger partial charge >= 0.3 is 0 Å². The summed E-state index contributed by atoms with van der Waals surface area (Å²) in [4.78, 5) is 12.6. The van der Waals surface area contributed by atoms with E-state index in [-0.39, 0.29) is 5.57 Å². The lowest BCUT2D eigenvalue weighted by molar-refractivity contribution is -0.117. The van der Waals surface area contributed by atoms with Gasteiger partial charge in [-0.15, -0.1) is 0 Å². The molecule has 0 unspecified atom stereocenters. The summed E-state index contributed by atoms with van der Waals surface area (Å²) >= 11 is 2.26. The maximum Gasteiger partial charge on any atom is 0.262 e. The first-order valence-electron chi connectivity index (χ1n) is 10.7. The second kappa shape index (κ2) is 12.7. The number of nitriles is 1. The quantitative estimate of drug-likeness (QED) is 0.199. The number of benzene rings is 3. The van der Waals surface area contributed by atoms with E-state index >= 15 is 0 Å². The molecule has 7 heteroatoms. The summed E-state index contributed by atoms with van der Waals surface area (Å²) in [6, 6.07) is 22.8. The Morgan fingerprint density at radius 3 is 2.35 bits per heavy atom. The van der Waals surface area contributed by atoms with E-state index in [0.29, 0.717) is 36.8 Å². The van der Waals surface area contributed by atoms with Gasteiger partial charge in [0, 0.05) is 10.1 Å². The Kier molecular flexibility index (Phi) is 9.35. The molecular weight excluding hydrogens is 543 g/mol. The highest BCUT2D eigenvalue weighted by Crippen LogP contribution is 2.30. The van der Waals surface area contributed by atoms with Gasteiger partial charge in [0.15, 0.2) is 11.5 Å². The van der Waals surface area contributed by atoms with Crippen molar-refractivity contribution in [1.82, 2.24) is 5.32 Å². The second-order valence-corrected chi connectivity index (χ2v) is 8.50. The third-order valence-corrected chi connectivity index (χ3v) is 5.58. The molecule has 34 heavy (non-hydrogen) atoms. The number of rotatable bonds is 10. The van der Waals surface area contributed by atoms with E-state index in [9.17, 15) is 10.1 Å². The number of halogens is 1. The van der Waals surface area contributed by atoms with Gasteiger partial charge in [-0.3, -0.25) is 4.79 Å². The molecule has 6 nitrogen and oxygen atoms in total. The van der Waals surface area contributed by atoms with Crippen molar-refractivity contribution in [3.63, 3.8) is 0 Å². The summed E-state index contributed by atoms with van der Waals surface area (Å²) in [5, 5.41) is 12.3. The Balaban J connectivity index is 1.69. The summed E-state index contributed by atoms with van der Waals surface area (Å²) in [6.45, 7) is 3.06. The molecule has 1 N–H and O–H groups in total. The Morgan fingerprint density at radius 1 is 1.00 bits per heavy atom. The zero-order valence-corrected chi connectivity index (χ0v) is 21.2. The molecule has 3 rings (SSSR count). The molecule has 0 saturated carbocycles. The highest BCUT2D eigenvalue weighted by atomic mass is 127. The molecule has 0 aliphatic heterocycles. The zero-order chi connectivity index (χ0) is 24.3. The van der Waals surface area contributed by atoms with Crippen LogP contribution < -0.4 is 19.5 Å². The minimum Gasteiger partial charge on any atom is -0.497 e. The molecule has 0 bridgehead atoms. The van der Waals surface area contributed by atoms with E-state index in [4.69, 9.17) is 14.2 Å². The average Bonchev–Trinajstić information content (AvgIpc) is 2.86. The van der Waals surface area contributed by atoms with Gasteiger partial charge in [0.05, 0.1) is 13.7 Å². The molecule has 0 saturated heterocycles. The van der Waals surface area contributed by atoms with E-state index in [2.05, 4.69) is 27.9 Å². The fraction of sp³-hybridized carbons (Fsp3) is 0.185. The molecule has 0 aliphatic carbocycles. The van der Waals surface area contributed by atoms with Gasteiger partial charge in [0.25, 0.3) is 5.91 Å². The van der Waals surface area contributed by atoms with Crippen molar-refractivity contribution >= 4 is 34.6 Å². The van der Waals surface area contributed by atoms with Crippen LogP contribution in [0.3, 0.4) is 0 Å². The third kappa shape index (κ3) is 7.25. The van der Waals surface area contributed by atoms with Crippen LogP contribution in [-0.4, -0.2) is 19.6 Å². The molecule has 0 radical (unpaired) electrons. The van der Waals surface area contributed by atoms with Crippen LogP contribution in [0.15, 0.2) is 72.3 Å². The van der Waals surface area contributed by atoms with Crippen LogP contribution >= 0.6 is 22.6 Å². The minimum absolute atomic E-state index is 0.00326. The number of nitrogens with one attached hydrogen (secondary N) is 1. The van der Waals surface area contributed by atoms with Gasteiger partial charge in [0.2, 0.25) is 0 Å². The fourth-order valence-electron chi connectivity index (χ4n) is 3.08. The van der Waals surface area contributed by atoms with Crippen LogP contribution in [0.5, 0.6) is 17.2 Å². The summed E-state index contributed by atoms with van der Waals surface area (Å²) in [5.41, 5.74) is 2.62. The van der Waals surface area contributed by atoms with Gasteiger partial charge in [-0.25, -0.2) is 0 Å². The summed E-state index contributed by atoms with van der Waals surface area (Å²) in [6.07, 6.45) is 1.54. The van der Waals surface area contributed by atoms with E-state index in [1.807, 2.05) is 61.5 Å². The van der Waals surface area contributed by atoms with Crippen molar-refractivity contribution in [2.45, 2.75) is 20.1 Å². The van der Waals surface area contributed by atoms with Crippen LogP contribution in [0.4, 0.5) is 0 Å². The number of nitrogens with zero attached hydrogens (tertiary/aromatic N) is 1. The normalized spacial score (nSPS) is 10.8. The Morgan fingerprint density at radius 2 is 1.71 bits per heavy atom. The van der Waals surface area contributed by atoms with Crippen molar-refractivity contribution in [2.24, 2.45) is 0 Å². The standard InChI is InChI=1S/C27H25IN2O4/c1-3-33-26-15-21(8-13-25(26)34-18-20-4-9-23(28)10-5-20)14-22(16-29)27(31)30-17-19-6-11-24(32-2)12-7-19/h4-15H,3,17-18H2,1-2H3,(H,30,31)/b22-14-. The van der Waals surface area contributed by atoms with Gasteiger partial charge in [-0.1, -0.05) is 30.3 Å². The summed E-state index contributed by atoms with van der Waals surface area (Å²) in [7, 11) is 1.60. The van der Waals surface area contributed by atoms with Crippen molar-refractivity contribution in [1.29, 1.82) is 5.26 Å². The van der Waals surface area contributed by atoms with E-state index in [1.165, 1.54) is 6.08 Å². The predicted octanol–water partition coefficient (Wildman–Crippen LogP) is 5.50. The van der Waals surface area contributed by atoms with Crippen LogP contribution in [-0.2, 0) is 17.9 Å². The third-order valence-electron chi connectivity index (χ3n) is 4.86. The fourth-order valence-corrected chi connectivity index (χ4v) is 3.44. The predicted molar refractivity (Wildman–Crippen MR) is 140 cm³/mol. The van der Waals surface area contributed by atoms with Gasteiger partial charge < -0.3 is 19.5 Å². The zero-order valence-electron chi connectivity index (χ0n) is 19.0. The molecule has 3 aromatic carbocycles. The topological polar surface area (TPSA) is 80.6 Å². The molecule has 0 heterocycles. The van der Waals surface area contributed by atoms with Crippen LogP contribution in [0.25, 0.3) is 6.08 Å². The lowest BCUT2D eigenvalue weighted by atomic mass is 10.1. The van der Waals surface area contributed by atoms with Gasteiger partial charge in [-0.2, -0.15) is 5.26 Å². The summed E-state index contributed by atoms with van der Waals surface area (Å²) in [5.74, 6) is 1.44. The second-order valence-electron chi connectivity index (χ2n) is 7.25. The molecular formula is C27H25IN2O4. The monoisotopic (exact) mass is 568 g/mol. The lowest BCUT2D eigenvalue weighted by Gasteiger charge is -2.13. The smallest absolute Gasteiger partial charge is 0.262 e. The molecule has 174 valence electrons. The SMILES string of the molecule is CCOc1cc(/C=C(/C#N)C(=O)NCc2ccc(OC)cc2)ccc1OCc1ccc(I)cc1. The largest absolute Gasteiger partial charge is 0.497 e. The Hall–Kier alpha value is -3.51. The number of methoxy groups -OCH3 is 1. The van der Waals surface area contributed by atoms with Crippen molar-refractivity contribution in [3.8, 4) is 23.3 Å². The van der Waals surface area contributed by atoms with Crippen molar-refractivity contribution in [3.05, 3.63) is 92.6 Å². The first-order valence-corrected chi connectivity index (χ1v) is 11.8. The highest BCUT2D eigenvalue weighted by molar-refractivity contribution is 14.1. The van der Waals surface area contributed by atoms with E-state index < -0.39 is 5.91 Å². The minimum atomic E-state index is -0.449. The van der Waals surface area contributed by atoms with E-state index in [0.717, 1.165) is 20.4 Å². The van der Waals surface area contributed by atoms with Crippen LogP contribution in [0.2, 0.25) is 0 Å². The molecule has 0 spiro atoms. The Labute approximate surface area is 213 Å². The molecule has 3 aromatic rings. The first-order chi connectivity index (χ1) is 16.5. The van der Waals surface area contributed by atoms with Crippen molar-refractivity contribution in [2.75, 3.05) is 13.7 Å². The number of hydrogen-bond donors (Lipinski definition) is 1. The lowest BCUT2D eigenvalue weighted by Crippen LogP contribution is -2.23. The molecule has 0 aromatic heterocycles. The molecule has 0 fully saturated rings. The number of amides is 1. The number of hydrogen-bond acceptors (Lipinski definition) is 5. The van der Waals surface area contributed by atoms with E-state index in [1.54, 1.807) is 25.3 Å². The Bertz CT molecular complexity index is 1180. The summed E-state index contributed by atoms with van der Waals surface area (Å²) < 4.78 is 18.0.